The molecule has 8 nitrogen and oxygen atoms in total. The maximum absolute atomic E-state index is 5.38. The van der Waals surface area contributed by atoms with Crippen molar-refractivity contribution in [3.05, 3.63) is 36.4 Å². The number of rotatable bonds is 8. The second-order valence-electron chi connectivity index (χ2n) is 7.19. The molecule has 158 valence electrons. The molecule has 8 heteroatoms. The van der Waals surface area contributed by atoms with Crippen LogP contribution in [-0.4, -0.2) is 60.1 Å². The highest BCUT2D eigenvalue weighted by molar-refractivity contribution is 5.80. The zero-order chi connectivity index (χ0) is 20.5. The number of guanidine groups is 1. The summed E-state index contributed by atoms with van der Waals surface area (Å²) in [5.74, 6) is 2.77. The summed E-state index contributed by atoms with van der Waals surface area (Å²) in [6.45, 7) is 8.50. The summed E-state index contributed by atoms with van der Waals surface area (Å²) in [6.07, 6.45) is 4.94. The molecule has 0 bridgehead atoms. The predicted octanol–water partition coefficient (Wildman–Crippen LogP) is 2.07. The average molecular weight is 400 g/mol. The van der Waals surface area contributed by atoms with E-state index in [1.54, 1.807) is 13.4 Å². The third-order valence-corrected chi connectivity index (χ3v) is 5.15. The summed E-state index contributed by atoms with van der Waals surface area (Å²) < 4.78 is 7.45. The number of aliphatic imine (C=N–C) groups is 1. The number of piperidine rings is 1. The van der Waals surface area contributed by atoms with Crippen LogP contribution in [0.5, 0.6) is 5.75 Å². The first-order valence-electron chi connectivity index (χ1n) is 10.5. The van der Waals surface area contributed by atoms with Crippen LogP contribution in [0, 0.1) is 0 Å². The van der Waals surface area contributed by atoms with Gasteiger partial charge in [-0.1, -0.05) is 13.0 Å². The molecule has 1 aromatic carbocycles. The normalized spacial score (nSPS) is 17.3. The summed E-state index contributed by atoms with van der Waals surface area (Å²) >= 11 is 0. The van der Waals surface area contributed by atoms with Crippen LogP contribution in [-0.2, 0) is 13.0 Å². The second-order valence-corrected chi connectivity index (χ2v) is 7.19. The standard InChI is InChI=1S/C21H33N7O/c1-4-20-26-24-16-28(20)13-11-23-21(22-5-2)25-17-8-7-12-27(15-17)18-9-6-10-19(14-18)29-3/h6,9-10,14,16-17H,4-5,7-8,11-13,15H2,1-3H3,(H2,22,23,25). The molecule has 0 amide bonds. The number of nitrogens with zero attached hydrogens (tertiary/aromatic N) is 5. The van der Waals surface area contributed by atoms with Gasteiger partial charge in [-0.25, -0.2) is 0 Å². The van der Waals surface area contributed by atoms with Crippen molar-refractivity contribution in [2.75, 3.05) is 38.2 Å². The molecule has 1 atom stereocenters. The van der Waals surface area contributed by atoms with Gasteiger partial charge < -0.3 is 24.8 Å². The Morgan fingerprint density at radius 3 is 3.03 bits per heavy atom. The number of hydrogen-bond donors (Lipinski definition) is 2. The molecule has 2 aromatic rings. The summed E-state index contributed by atoms with van der Waals surface area (Å²) in [4.78, 5) is 7.18. The molecule has 1 aromatic heterocycles. The zero-order valence-electron chi connectivity index (χ0n) is 17.8. The van der Waals surface area contributed by atoms with Crippen LogP contribution in [0.3, 0.4) is 0 Å². The number of nitrogens with one attached hydrogen (secondary N) is 2. The Kier molecular flexibility index (Phi) is 7.72. The minimum Gasteiger partial charge on any atom is -0.497 e. The molecule has 0 saturated carbocycles. The fourth-order valence-electron chi connectivity index (χ4n) is 3.66. The number of aryl methyl sites for hydroxylation is 1. The predicted molar refractivity (Wildman–Crippen MR) is 117 cm³/mol. The molecule has 0 spiro atoms. The molecule has 2 N–H and O–H groups in total. The SMILES string of the molecule is CCNC(=NCCn1cnnc1CC)NC1CCCN(c2cccc(OC)c2)C1. The van der Waals surface area contributed by atoms with Crippen molar-refractivity contribution >= 4 is 11.6 Å². The van der Waals surface area contributed by atoms with E-state index in [9.17, 15) is 0 Å². The first kappa shape index (κ1) is 21.0. The molecular formula is C21H33N7O. The number of benzene rings is 1. The second kappa shape index (κ2) is 10.7. The van der Waals surface area contributed by atoms with Gasteiger partial charge in [-0.15, -0.1) is 10.2 Å². The van der Waals surface area contributed by atoms with Crippen molar-refractivity contribution in [1.29, 1.82) is 0 Å². The van der Waals surface area contributed by atoms with E-state index in [1.165, 1.54) is 5.69 Å². The number of methoxy groups -OCH3 is 1. The third kappa shape index (κ3) is 5.85. The highest BCUT2D eigenvalue weighted by Crippen LogP contribution is 2.24. The molecule has 0 aliphatic carbocycles. The lowest BCUT2D eigenvalue weighted by Crippen LogP contribution is -2.51. The van der Waals surface area contributed by atoms with Crippen LogP contribution in [0.25, 0.3) is 0 Å². The lowest BCUT2D eigenvalue weighted by atomic mass is 10.0. The monoisotopic (exact) mass is 399 g/mol. The Morgan fingerprint density at radius 2 is 2.24 bits per heavy atom. The molecule has 3 rings (SSSR count). The smallest absolute Gasteiger partial charge is 0.191 e. The molecule has 1 aliphatic rings. The van der Waals surface area contributed by atoms with Gasteiger partial charge in [-0.3, -0.25) is 4.99 Å². The van der Waals surface area contributed by atoms with E-state index < -0.39 is 0 Å². The first-order chi connectivity index (χ1) is 14.2. The first-order valence-corrected chi connectivity index (χ1v) is 10.5. The van der Waals surface area contributed by atoms with Gasteiger partial charge >= 0.3 is 0 Å². The van der Waals surface area contributed by atoms with E-state index in [1.807, 2.05) is 12.1 Å². The molecule has 2 heterocycles. The summed E-state index contributed by atoms with van der Waals surface area (Å²) in [7, 11) is 1.71. The van der Waals surface area contributed by atoms with Gasteiger partial charge in [0.15, 0.2) is 5.96 Å². The topological polar surface area (TPSA) is 79.6 Å². The van der Waals surface area contributed by atoms with Crippen LogP contribution >= 0.6 is 0 Å². The Balaban J connectivity index is 1.58. The van der Waals surface area contributed by atoms with Gasteiger partial charge in [0, 0.05) is 50.4 Å². The van der Waals surface area contributed by atoms with Gasteiger partial charge in [0.1, 0.15) is 17.9 Å². The van der Waals surface area contributed by atoms with Crippen LogP contribution in [0.15, 0.2) is 35.6 Å². The van der Waals surface area contributed by atoms with Crippen molar-refractivity contribution in [3.8, 4) is 5.75 Å². The fourth-order valence-corrected chi connectivity index (χ4v) is 3.66. The maximum Gasteiger partial charge on any atom is 0.191 e. The van der Waals surface area contributed by atoms with Crippen molar-refractivity contribution in [2.45, 2.75) is 45.7 Å². The molecule has 1 fully saturated rings. The summed E-state index contributed by atoms with van der Waals surface area (Å²) in [6, 6.07) is 8.64. The highest BCUT2D eigenvalue weighted by Gasteiger charge is 2.21. The molecule has 1 aliphatic heterocycles. The number of hydrogen-bond acceptors (Lipinski definition) is 5. The number of ether oxygens (including phenoxy) is 1. The van der Waals surface area contributed by atoms with E-state index in [-0.39, 0.29) is 0 Å². The van der Waals surface area contributed by atoms with E-state index >= 15 is 0 Å². The lowest BCUT2D eigenvalue weighted by Gasteiger charge is -2.35. The van der Waals surface area contributed by atoms with Gasteiger partial charge in [0.05, 0.1) is 13.7 Å². The largest absolute Gasteiger partial charge is 0.497 e. The Hall–Kier alpha value is -2.77. The van der Waals surface area contributed by atoms with E-state index in [4.69, 9.17) is 9.73 Å². The molecular weight excluding hydrogens is 366 g/mol. The van der Waals surface area contributed by atoms with Crippen molar-refractivity contribution in [1.82, 2.24) is 25.4 Å². The van der Waals surface area contributed by atoms with Crippen LogP contribution < -0.4 is 20.3 Å². The van der Waals surface area contributed by atoms with Gasteiger partial charge in [0.25, 0.3) is 0 Å². The van der Waals surface area contributed by atoms with Gasteiger partial charge in [0.2, 0.25) is 0 Å². The fraction of sp³-hybridized carbons (Fsp3) is 0.571. The zero-order valence-corrected chi connectivity index (χ0v) is 17.8. The molecule has 1 saturated heterocycles. The van der Waals surface area contributed by atoms with Crippen LogP contribution in [0.4, 0.5) is 5.69 Å². The molecule has 29 heavy (non-hydrogen) atoms. The maximum atomic E-state index is 5.38. The quantitative estimate of drug-likeness (QED) is 0.523. The minimum absolute atomic E-state index is 0.355. The summed E-state index contributed by atoms with van der Waals surface area (Å²) in [5, 5.41) is 15.1. The Morgan fingerprint density at radius 1 is 1.34 bits per heavy atom. The lowest BCUT2D eigenvalue weighted by molar-refractivity contribution is 0.414. The van der Waals surface area contributed by atoms with Gasteiger partial charge in [-0.05, 0) is 31.9 Å². The van der Waals surface area contributed by atoms with E-state index in [0.29, 0.717) is 12.6 Å². The van der Waals surface area contributed by atoms with Crippen LogP contribution in [0.1, 0.15) is 32.5 Å². The number of anilines is 1. The van der Waals surface area contributed by atoms with E-state index in [2.05, 4.69) is 56.3 Å². The van der Waals surface area contributed by atoms with E-state index in [0.717, 1.165) is 63.0 Å². The average Bonchev–Trinajstić information content (AvgIpc) is 3.21. The Labute approximate surface area is 173 Å². The highest BCUT2D eigenvalue weighted by atomic mass is 16.5. The van der Waals surface area contributed by atoms with Crippen molar-refractivity contribution in [3.63, 3.8) is 0 Å². The Bertz CT molecular complexity index is 789. The minimum atomic E-state index is 0.355. The van der Waals surface area contributed by atoms with Crippen molar-refractivity contribution < 1.29 is 4.74 Å². The molecule has 1 unspecified atom stereocenters. The van der Waals surface area contributed by atoms with Crippen molar-refractivity contribution in [2.24, 2.45) is 4.99 Å². The molecule has 0 radical (unpaired) electrons. The van der Waals surface area contributed by atoms with Gasteiger partial charge in [-0.2, -0.15) is 0 Å². The number of aromatic nitrogens is 3. The summed E-state index contributed by atoms with van der Waals surface area (Å²) in [5.41, 5.74) is 1.21. The van der Waals surface area contributed by atoms with Crippen LogP contribution in [0.2, 0.25) is 0 Å². The third-order valence-electron chi connectivity index (χ3n) is 5.15.